The highest BCUT2D eigenvalue weighted by Gasteiger charge is 2.24. The highest BCUT2D eigenvalue weighted by molar-refractivity contribution is 5.83. The number of rotatable bonds is 5. The first kappa shape index (κ1) is 14.0. The second-order valence-corrected chi connectivity index (χ2v) is 4.39. The molecule has 6 nitrogen and oxygen atoms in total. The number of carbonyl (C=O) groups excluding carboxylic acids is 1. The first-order valence-electron chi connectivity index (χ1n) is 5.22. The summed E-state index contributed by atoms with van der Waals surface area (Å²) in [5.74, 6) is -1.44. The van der Waals surface area contributed by atoms with Crippen molar-refractivity contribution in [1.82, 2.24) is 5.32 Å². The third kappa shape index (κ3) is 3.24. The van der Waals surface area contributed by atoms with E-state index in [1.165, 1.54) is 6.07 Å². The Labute approximate surface area is 103 Å². The molecule has 0 aliphatic rings. The molecule has 98 valence electrons. The molecule has 18 heavy (non-hydrogen) atoms. The molecular weight excluding hydrogens is 241 g/mol. The molecule has 0 aromatic heterocycles. The average Bonchev–Trinajstić information content (AvgIpc) is 2.25. The summed E-state index contributed by atoms with van der Waals surface area (Å²) in [6.07, 6.45) is 0. The maximum atomic E-state index is 13.3. The fraction of sp³-hybridized carbons (Fsp3) is 0.364. The molecular formula is C11H14FN3O3. The third-order valence-corrected chi connectivity index (χ3v) is 2.56. The minimum atomic E-state index is -0.932. The largest absolute Gasteiger partial charge is 0.368 e. The van der Waals surface area contributed by atoms with Crippen molar-refractivity contribution in [2.24, 2.45) is 5.73 Å². The van der Waals surface area contributed by atoms with Crippen molar-refractivity contribution >= 4 is 11.6 Å². The van der Waals surface area contributed by atoms with Crippen molar-refractivity contribution in [3.8, 4) is 0 Å². The van der Waals surface area contributed by atoms with Gasteiger partial charge in [0.25, 0.3) is 0 Å². The van der Waals surface area contributed by atoms with E-state index >= 15 is 0 Å². The van der Waals surface area contributed by atoms with Gasteiger partial charge in [-0.15, -0.1) is 0 Å². The highest BCUT2D eigenvalue weighted by Crippen LogP contribution is 2.18. The van der Waals surface area contributed by atoms with E-state index in [0.717, 1.165) is 12.1 Å². The van der Waals surface area contributed by atoms with Gasteiger partial charge in [0.2, 0.25) is 11.7 Å². The van der Waals surface area contributed by atoms with Gasteiger partial charge in [0.05, 0.1) is 10.5 Å². The number of nitro benzene ring substituents is 1. The topological polar surface area (TPSA) is 98.3 Å². The average molecular weight is 255 g/mol. The molecule has 1 rings (SSSR count). The van der Waals surface area contributed by atoms with Crippen LogP contribution in [-0.4, -0.2) is 16.4 Å². The number of benzene rings is 1. The number of nitro groups is 1. The van der Waals surface area contributed by atoms with E-state index < -0.39 is 27.9 Å². The Morgan fingerprint density at radius 2 is 2.17 bits per heavy atom. The Balaban J connectivity index is 2.79. The van der Waals surface area contributed by atoms with Crippen LogP contribution in [0.5, 0.6) is 0 Å². The summed E-state index contributed by atoms with van der Waals surface area (Å²) in [5, 5.41) is 13.3. The molecule has 1 aromatic rings. The minimum Gasteiger partial charge on any atom is -0.368 e. The molecule has 0 aliphatic carbocycles. The van der Waals surface area contributed by atoms with E-state index in [9.17, 15) is 19.3 Å². The van der Waals surface area contributed by atoms with Crippen LogP contribution in [0.1, 0.15) is 19.4 Å². The molecule has 0 spiro atoms. The Kier molecular flexibility index (Phi) is 3.97. The number of halogens is 1. The quantitative estimate of drug-likeness (QED) is 0.607. The van der Waals surface area contributed by atoms with Crippen molar-refractivity contribution < 1.29 is 14.1 Å². The number of nitrogens with zero attached hydrogens (tertiary/aromatic N) is 1. The normalized spacial score (nSPS) is 11.3. The van der Waals surface area contributed by atoms with E-state index in [0.29, 0.717) is 5.56 Å². The highest BCUT2D eigenvalue weighted by atomic mass is 19.1. The summed E-state index contributed by atoms with van der Waals surface area (Å²) in [6, 6.07) is 3.57. The van der Waals surface area contributed by atoms with Crippen LogP contribution in [0.25, 0.3) is 0 Å². The van der Waals surface area contributed by atoms with Gasteiger partial charge in [-0.3, -0.25) is 20.2 Å². The number of amides is 1. The first-order valence-corrected chi connectivity index (χ1v) is 5.22. The van der Waals surface area contributed by atoms with Crippen LogP contribution >= 0.6 is 0 Å². The summed E-state index contributed by atoms with van der Waals surface area (Å²) in [5.41, 5.74) is 4.15. The SMILES string of the molecule is CC(C)(NCc1ccc([N+](=O)[O-])c(F)c1)C(N)=O. The van der Waals surface area contributed by atoms with E-state index in [2.05, 4.69) is 5.32 Å². The van der Waals surface area contributed by atoms with Gasteiger partial charge in [-0.2, -0.15) is 4.39 Å². The number of nitrogens with two attached hydrogens (primary N) is 1. The fourth-order valence-corrected chi connectivity index (χ4v) is 1.22. The number of nitrogens with one attached hydrogen (secondary N) is 1. The van der Waals surface area contributed by atoms with E-state index in [1.807, 2.05) is 0 Å². The predicted octanol–water partition coefficient (Wildman–Crippen LogP) is 1.09. The van der Waals surface area contributed by atoms with Gasteiger partial charge in [0.15, 0.2) is 0 Å². The molecule has 7 heteroatoms. The van der Waals surface area contributed by atoms with Crippen LogP contribution in [-0.2, 0) is 11.3 Å². The van der Waals surface area contributed by atoms with Gasteiger partial charge in [-0.25, -0.2) is 0 Å². The van der Waals surface area contributed by atoms with Gasteiger partial charge in [0.1, 0.15) is 0 Å². The molecule has 0 unspecified atom stereocenters. The molecule has 0 bridgehead atoms. The lowest BCUT2D eigenvalue weighted by Gasteiger charge is -2.22. The zero-order valence-corrected chi connectivity index (χ0v) is 10.1. The number of hydrogen-bond donors (Lipinski definition) is 2. The maximum Gasteiger partial charge on any atom is 0.304 e. The lowest BCUT2D eigenvalue weighted by Crippen LogP contribution is -2.50. The maximum absolute atomic E-state index is 13.3. The zero-order chi connectivity index (χ0) is 13.9. The summed E-state index contributed by atoms with van der Waals surface area (Å²) in [6.45, 7) is 3.37. The second kappa shape index (κ2) is 5.09. The smallest absolute Gasteiger partial charge is 0.304 e. The molecule has 0 aliphatic heterocycles. The molecule has 0 atom stereocenters. The monoisotopic (exact) mass is 255 g/mol. The van der Waals surface area contributed by atoms with Gasteiger partial charge in [-0.1, -0.05) is 6.07 Å². The molecule has 1 amide bonds. The Morgan fingerprint density at radius 1 is 1.56 bits per heavy atom. The van der Waals surface area contributed by atoms with Crippen LogP contribution in [0.2, 0.25) is 0 Å². The molecule has 0 radical (unpaired) electrons. The van der Waals surface area contributed by atoms with Crippen molar-refractivity contribution in [2.75, 3.05) is 0 Å². The first-order chi connectivity index (χ1) is 8.24. The van der Waals surface area contributed by atoms with Crippen LogP contribution in [0, 0.1) is 15.9 Å². The molecule has 3 N–H and O–H groups in total. The summed E-state index contributed by atoms with van der Waals surface area (Å²) >= 11 is 0. The van der Waals surface area contributed by atoms with E-state index in [-0.39, 0.29) is 6.54 Å². The zero-order valence-electron chi connectivity index (χ0n) is 10.1. The molecule has 0 saturated carbocycles. The van der Waals surface area contributed by atoms with Crippen LogP contribution in [0.15, 0.2) is 18.2 Å². The van der Waals surface area contributed by atoms with Gasteiger partial charge in [0, 0.05) is 12.6 Å². The van der Waals surface area contributed by atoms with Crippen LogP contribution in [0.3, 0.4) is 0 Å². The third-order valence-electron chi connectivity index (χ3n) is 2.56. The van der Waals surface area contributed by atoms with Gasteiger partial charge in [-0.05, 0) is 25.5 Å². The fourth-order valence-electron chi connectivity index (χ4n) is 1.22. The summed E-state index contributed by atoms with van der Waals surface area (Å²) in [4.78, 5) is 20.7. The summed E-state index contributed by atoms with van der Waals surface area (Å²) in [7, 11) is 0. The molecule has 0 saturated heterocycles. The Hall–Kier alpha value is -2.02. The van der Waals surface area contributed by atoms with Gasteiger partial charge < -0.3 is 5.73 Å². The second-order valence-electron chi connectivity index (χ2n) is 4.39. The van der Waals surface area contributed by atoms with E-state index in [4.69, 9.17) is 5.73 Å². The van der Waals surface area contributed by atoms with Crippen LogP contribution < -0.4 is 11.1 Å². The minimum absolute atomic E-state index is 0.185. The number of carbonyl (C=O) groups is 1. The van der Waals surface area contributed by atoms with Crippen molar-refractivity contribution in [3.63, 3.8) is 0 Å². The van der Waals surface area contributed by atoms with Crippen molar-refractivity contribution in [2.45, 2.75) is 25.9 Å². The number of primary amides is 1. The molecule has 0 heterocycles. The van der Waals surface area contributed by atoms with Gasteiger partial charge >= 0.3 is 5.69 Å². The lowest BCUT2D eigenvalue weighted by atomic mass is 10.0. The van der Waals surface area contributed by atoms with Crippen LogP contribution in [0.4, 0.5) is 10.1 Å². The van der Waals surface area contributed by atoms with Crippen molar-refractivity contribution in [1.29, 1.82) is 0 Å². The number of hydrogen-bond acceptors (Lipinski definition) is 4. The predicted molar refractivity (Wildman–Crippen MR) is 63.2 cm³/mol. The van der Waals surface area contributed by atoms with Crippen molar-refractivity contribution in [3.05, 3.63) is 39.7 Å². The lowest BCUT2D eigenvalue weighted by molar-refractivity contribution is -0.387. The standard InChI is InChI=1S/C11H14FN3O3/c1-11(2,10(13)16)14-6-7-3-4-9(15(17)18)8(12)5-7/h3-5,14H,6H2,1-2H3,(H2,13,16). The molecule has 0 fully saturated rings. The summed E-state index contributed by atoms with van der Waals surface area (Å²) < 4.78 is 13.3. The Morgan fingerprint density at radius 3 is 2.61 bits per heavy atom. The Bertz CT molecular complexity index is 488. The van der Waals surface area contributed by atoms with E-state index in [1.54, 1.807) is 13.8 Å². The molecule has 1 aromatic carbocycles.